The first-order valence-electron chi connectivity index (χ1n) is 8.47. The van der Waals surface area contributed by atoms with E-state index in [-0.39, 0.29) is 12.5 Å². The minimum Gasteiger partial charge on any atom is -0.350 e. The number of benzene rings is 2. The van der Waals surface area contributed by atoms with Gasteiger partial charge in [0, 0.05) is 32.1 Å². The molecule has 0 unspecified atom stereocenters. The Hall–Kier alpha value is -2.47. The van der Waals surface area contributed by atoms with Gasteiger partial charge in [-0.3, -0.25) is 9.79 Å². The van der Waals surface area contributed by atoms with E-state index >= 15 is 0 Å². The van der Waals surface area contributed by atoms with Crippen LogP contribution < -0.4 is 10.6 Å². The molecule has 0 heterocycles. The second kappa shape index (κ2) is 10.5. The zero-order chi connectivity index (χ0) is 18.8. The number of carbonyl (C=O) groups excluding carboxylic acids is 1. The van der Waals surface area contributed by atoms with Gasteiger partial charge in [-0.2, -0.15) is 0 Å². The first-order chi connectivity index (χ1) is 12.6. The van der Waals surface area contributed by atoms with E-state index in [9.17, 15) is 4.79 Å². The van der Waals surface area contributed by atoms with Crippen molar-refractivity contribution in [3.05, 3.63) is 65.7 Å². The van der Waals surface area contributed by atoms with Gasteiger partial charge in [0.25, 0.3) is 0 Å². The van der Waals surface area contributed by atoms with E-state index in [1.807, 2.05) is 42.3 Å². The molecule has 2 N–H and O–H groups in total. The maximum absolute atomic E-state index is 12.0. The van der Waals surface area contributed by atoms with Gasteiger partial charge in [0.15, 0.2) is 5.96 Å². The van der Waals surface area contributed by atoms with Crippen molar-refractivity contribution in [2.24, 2.45) is 4.99 Å². The summed E-state index contributed by atoms with van der Waals surface area (Å²) < 4.78 is 0. The molecule has 0 aromatic heterocycles. The molecule has 26 heavy (non-hydrogen) atoms. The van der Waals surface area contributed by atoms with Gasteiger partial charge in [-0.25, -0.2) is 0 Å². The fourth-order valence-electron chi connectivity index (χ4n) is 2.48. The van der Waals surface area contributed by atoms with E-state index in [2.05, 4.69) is 46.1 Å². The third-order valence-corrected chi connectivity index (χ3v) is 4.64. The maximum atomic E-state index is 12.0. The monoisotopic (exact) mass is 370 g/mol. The van der Waals surface area contributed by atoms with Crippen molar-refractivity contribution in [3.63, 3.8) is 0 Å². The Bertz CT molecular complexity index is 716. The normalized spacial score (nSPS) is 11.1. The summed E-state index contributed by atoms with van der Waals surface area (Å²) in [6, 6.07) is 18.3. The highest BCUT2D eigenvalue weighted by molar-refractivity contribution is 7.98. The third kappa shape index (κ3) is 6.44. The largest absolute Gasteiger partial charge is 0.350 e. The second-order valence-corrected chi connectivity index (χ2v) is 6.75. The van der Waals surface area contributed by atoms with Crippen LogP contribution in [0.1, 0.15) is 11.1 Å². The summed E-state index contributed by atoms with van der Waals surface area (Å²) in [6.45, 7) is 1.44. The molecule has 0 radical (unpaired) electrons. The third-order valence-electron chi connectivity index (χ3n) is 3.89. The number of carbonyl (C=O) groups is 1. The van der Waals surface area contributed by atoms with Crippen molar-refractivity contribution in [3.8, 4) is 0 Å². The molecular weight excluding hydrogens is 344 g/mol. The van der Waals surface area contributed by atoms with Gasteiger partial charge < -0.3 is 15.5 Å². The van der Waals surface area contributed by atoms with Gasteiger partial charge in [-0.05, 0) is 29.5 Å². The summed E-state index contributed by atoms with van der Waals surface area (Å²) in [6.07, 6.45) is 2.07. The molecule has 138 valence electrons. The van der Waals surface area contributed by atoms with Crippen molar-refractivity contribution < 1.29 is 4.79 Å². The van der Waals surface area contributed by atoms with E-state index in [4.69, 9.17) is 0 Å². The predicted molar refractivity (Wildman–Crippen MR) is 109 cm³/mol. The van der Waals surface area contributed by atoms with Crippen LogP contribution in [-0.4, -0.2) is 43.7 Å². The zero-order valence-electron chi connectivity index (χ0n) is 15.5. The van der Waals surface area contributed by atoms with Gasteiger partial charge in [0.1, 0.15) is 0 Å². The highest BCUT2D eigenvalue weighted by atomic mass is 32.2. The number of thioether (sulfide) groups is 1. The molecule has 0 atom stereocenters. The molecule has 2 rings (SSSR count). The SMILES string of the molecule is CN=C(NCC(=O)NCc1ccccc1)N(C)Cc1ccc(SC)cc1. The number of aliphatic imine (C=N–C) groups is 1. The average molecular weight is 371 g/mol. The Balaban J connectivity index is 1.79. The van der Waals surface area contributed by atoms with Crippen LogP contribution in [0.2, 0.25) is 0 Å². The minimum absolute atomic E-state index is 0.0623. The molecule has 0 spiro atoms. The van der Waals surface area contributed by atoms with Gasteiger partial charge in [0.05, 0.1) is 6.54 Å². The van der Waals surface area contributed by atoms with Crippen LogP contribution >= 0.6 is 11.8 Å². The molecule has 0 aliphatic heterocycles. The quantitative estimate of drug-likeness (QED) is 0.447. The van der Waals surface area contributed by atoms with Crippen LogP contribution in [0.15, 0.2) is 64.5 Å². The van der Waals surface area contributed by atoms with E-state index in [0.29, 0.717) is 12.5 Å². The molecule has 0 aliphatic carbocycles. The topological polar surface area (TPSA) is 56.7 Å². The lowest BCUT2D eigenvalue weighted by molar-refractivity contribution is -0.120. The Morgan fingerprint density at radius 1 is 1.04 bits per heavy atom. The Morgan fingerprint density at radius 3 is 2.35 bits per heavy atom. The molecule has 6 heteroatoms. The standard InChI is InChI=1S/C20H26N4OS/c1-21-20(24(2)15-17-9-11-18(26-3)12-10-17)23-14-19(25)22-13-16-7-5-4-6-8-16/h4-12H,13-15H2,1-3H3,(H,21,23)(H,22,25). The number of amides is 1. The minimum atomic E-state index is -0.0623. The highest BCUT2D eigenvalue weighted by Gasteiger charge is 2.09. The summed E-state index contributed by atoms with van der Waals surface area (Å²) in [5.74, 6) is 0.626. The lowest BCUT2D eigenvalue weighted by Crippen LogP contribution is -2.43. The lowest BCUT2D eigenvalue weighted by atomic mass is 10.2. The number of rotatable bonds is 7. The molecule has 0 bridgehead atoms. The lowest BCUT2D eigenvalue weighted by Gasteiger charge is -2.22. The average Bonchev–Trinajstić information content (AvgIpc) is 2.68. The molecule has 0 aliphatic rings. The van der Waals surface area contributed by atoms with Crippen molar-refractivity contribution in [1.82, 2.24) is 15.5 Å². The molecule has 5 nitrogen and oxygen atoms in total. The smallest absolute Gasteiger partial charge is 0.239 e. The molecular formula is C20H26N4OS. The van der Waals surface area contributed by atoms with E-state index in [1.165, 1.54) is 10.5 Å². The molecule has 0 saturated heterocycles. The van der Waals surface area contributed by atoms with Crippen LogP contribution in [0.5, 0.6) is 0 Å². The van der Waals surface area contributed by atoms with Crippen LogP contribution in [0.3, 0.4) is 0 Å². The van der Waals surface area contributed by atoms with Crippen LogP contribution in [-0.2, 0) is 17.9 Å². The molecule has 1 amide bonds. The van der Waals surface area contributed by atoms with Crippen molar-refractivity contribution in [1.29, 1.82) is 0 Å². The number of nitrogens with zero attached hydrogens (tertiary/aromatic N) is 2. The fourth-order valence-corrected chi connectivity index (χ4v) is 2.89. The van der Waals surface area contributed by atoms with E-state index < -0.39 is 0 Å². The van der Waals surface area contributed by atoms with Gasteiger partial charge in [-0.1, -0.05) is 42.5 Å². The summed E-state index contributed by atoms with van der Waals surface area (Å²) >= 11 is 1.73. The first-order valence-corrected chi connectivity index (χ1v) is 9.70. The number of guanidine groups is 1. The van der Waals surface area contributed by atoms with Crippen molar-refractivity contribution in [2.45, 2.75) is 18.0 Å². The zero-order valence-corrected chi connectivity index (χ0v) is 16.3. The van der Waals surface area contributed by atoms with Crippen LogP contribution in [0.25, 0.3) is 0 Å². The maximum Gasteiger partial charge on any atom is 0.239 e. The fraction of sp³-hybridized carbons (Fsp3) is 0.300. The highest BCUT2D eigenvalue weighted by Crippen LogP contribution is 2.15. The Labute approximate surface area is 159 Å². The summed E-state index contributed by atoms with van der Waals surface area (Å²) in [7, 11) is 3.68. The second-order valence-electron chi connectivity index (χ2n) is 5.87. The van der Waals surface area contributed by atoms with E-state index in [1.54, 1.807) is 18.8 Å². The predicted octanol–water partition coefficient (Wildman–Crippen LogP) is 2.73. The molecule has 2 aromatic carbocycles. The Kier molecular flexibility index (Phi) is 8.02. The van der Waals surface area contributed by atoms with Crippen molar-refractivity contribution >= 4 is 23.6 Å². The molecule has 2 aromatic rings. The van der Waals surface area contributed by atoms with Crippen LogP contribution in [0.4, 0.5) is 0 Å². The number of nitrogens with one attached hydrogen (secondary N) is 2. The van der Waals surface area contributed by atoms with Gasteiger partial charge >= 0.3 is 0 Å². The van der Waals surface area contributed by atoms with Gasteiger partial charge in [0.2, 0.25) is 5.91 Å². The summed E-state index contributed by atoms with van der Waals surface area (Å²) in [5, 5.41) is 6.01. The van der Waals surface area contributed by atoms with Crippen molar-refractivity contribution in [2.75, 3.05) is 26.9 Å². The Morgan fingerprint density at radius 2 is 1.73 bits per heavy atom. The van der Waals surface area contributed by atoms with E-state index in [0.717, 1.165) is 12.1 Å². The summed E-state index contributed by atoms with van der Waals surface area (Å²) in [5.41, 5.74) is 2.28. The number of hydrogen-bond acceptors (Lipinski definition) is 3. The van der Waals surface area contributed by atoms with Crippen LogP contribution in [0, 0.1) is 0 Å². The number of hydrogen-bond donors (Lipinski definition) is 2. The molecule has 0 fully saturated rings. The summed E-state index contributed by atoms with van der Waals surface area (Å²) in [4.78, 5) is 19.5. The molecule has 0 saturated carbocycles. The first kappa shape index (κ1) is 19.8. The van der Waals surface area contributed by atoms with Gasteiger partial charge in [-0.15, -0.1) is 11.8 Å².